The summed E-state index contributed by atoms with van der Waals surface area (Å²) in [5, 5.41) is 9.14. The van der Waals surface area contributed by atoms with Gasteiger partial charge in [0.15, 0.2) is 0 Å². The fourth-order valence-electron chi connectivity index (χ4n) is 1.97. The van der Waals surface area contributed by atoms with Crippen LogP contribution in [0, 0.1) is 0 Å². The topological polar surface area (TPSA) is 40.5 Å². The second-order valence-electron chi connectivity index (χ2n) is 4.95. The molecule has 0 aliphatic rings. The third-order valence-corrected chi connectivity index (χ3v) is 3.18. The standard InChI is InChI=1S/C15H23NO2/c1-5-10-16(12(4)15(17)18)14-8-6-13(7-9-14)11(2)3/h6-9,11-12H,5,10H2,1-4H3,(H,17,18)/t12-/m1/s1. The van der Waals surface area contributed by atoms with Crippen molar-refractivity contribution in [3.05, 3.63) is 29.8 Å². The third-order valence-electron chi connectivity index (χ3n) is 3.18. The van der Waals surface area contributed by atoms with Gasteiger partial charge in [-0.25, -0.2) is 4.79 Å². The van der Waals surface area contributed by atoms with Crippen molar-refractivity contribution in [2.75, 3.05) is 11.4 Å². The second-order valence-corrected chi connectivity index (χ2v) is 4.95. The highest BCUT2D eigenvalue weighted by molar-refractivity contribution is 5.77. The van der Waals surface area contributed by atoms with Crippen LogP contribution >= 0.6 is 0 Å². The molecule has 0 aliphatic heterocycles. The number of carbonyl (C=O) groups is 1. The zero-order valence-electron chi connectivity index (χ0n) is 11.7. The van der Waals surface area contributed by atoms with E-state index in [-0.39, 0.29) is 0 Å². The van der Waals surface area contributed by atoms with Crippen molar-refractivity contribution < 1.29 is 9.90 Å². The summed E-state index contributed by atoms with van der Waals surface area (Å²) in [6, 6.07) is 7.71. The van der Waals surface area contributed by atoms with Gasteiger partial charge in [-0.3, -0.25) is 0 Å². The van der Waals surface area contributed by atoms with Crippen LogP contribution in [0.2, 0.25) is 0 Å². The summed E-state index contributed by atoms with van der Waals surface area (Å²) in [6.07, 6.45) is 0.934. The normalized spacial score (nSPS) is 12.5. The molecule has 0 unspecified atom stereocenters. The van der Waals surface area contributed by atoms with E-state index >= 15 is 0 Å². The number of aliphatic carboxylic acids is 1. The van der Waals surface area contributed by atoms with Crippen LogP contribution in [-0.2, 0) is 4.79 Å². The molecule has 1 rings (SSSR count). The zero-order valence-corrected chi connectivity index (χ0v) is 11.7. The summed E-state index contributed by atoms with van der Waals surface area (Å²) < 4.78 is 0. The Labute approximate surface area is 109 Å². The average Bonchev–Trinajstić information content (AvgIpc) is 2.35. The first-order valence-electron chi connectivity index (χ1n) is 6.56. The molecular weight excluding hydrogens is 226 g/mol. The molecule has 1 aromatic carbocycles. The van der Waals surface area contributed by atoms with Crippen LogP contribution in [0.4, 0.5) is 5.69 Å². The first kappa shape index (κ1) is 14.6. The van der Waals surface area contributed by atoms with E-state index in [1.54, 1.807) is 6.92 Å². The van der Waals surface area contributed by atoms with Crippen molar-refractivity contribution in [2.45, 2.75) is 46.1 Å². The summed E-state index contributed by atoms with van der Waals surface area (Å²) in [5.41, 5.74) is 2.26. The lowest BCUT2D eigenvalue weighted by Crippen LogP contribution is -2.39. The van der Waals surface area contributed by atoms with E-state index in [1.807, 2.05) is 17.0 Å². The Morgan fingerprint density at radius 2 is 1.78 bits per heavy atom. The highest BCUT2D eigenvalue weighted by Crippen LogP contribution is 2.22. The van der Waals surface area contributed by atoms with E-state index in [2.05, 4.69) is 32.9 Å². The van der Waals surface area contributed by atoms with Crippen LogP contribution in [0.25, 0.3) is 0 Å². The molecule has 0 aliphatic carbocycles. The fraction of sp³-hybridized carbons (Fsp3) is 0.533. The molecule has 1 atom stereocenters. The molecule has 1 N–H and O–H groups in total. The molecule has 0 heterocycles. The third kappa shape index (κ3) is 3.49. The maximum Gasteiger partial charge on any atom is 0.326 e. The molecule has 0 saturated heterocycles. The molecule has 0 bridgehead atoms. The van der Waals surface area contributed by atoms with E-state index < -0.39 is 12.0 Å². The minimum atomic E-state index is -0.781. The Kier molecular flexibility index (Phi) is 5.20. The van der Waals surface area contributed by atoms with Gasteiger partial charge < -0.3 is 10.0 Å². The lowest BCUT2D eigenvalue weighted by atomic mass is 10.0. The largest absolute Gasteiger partial charge is 0.480 e. The monoisotopic (exact) mass is 249 g/mol. The van der Waals surface area contributed by atoms with Crippen LogP contribution in [0.15, 0.2) is 24.3 Å². The van der Waals surface area contributed by atoms with Crippen LogP contribution < -0.4 is 4.90 Å². The number of hydrogen-bond donors (Lipinski definition) is 1. The summed E-state index contributed by atoms with van der Waals surface area (Å²) in [7, 11) is 0. The molecule has 18 heavy (non-hydrogen) atoms. The van der Waals surface area contributed by atoms with Gasteiger partial charge in [-0.15, -0.1) is 0 Å². The summed E-state index contributed by atoms with van der Waals surface area (Å²) >= 11 is 0. The highest BCUT2D eigenvalue weighted by Gasteiger charge is 2.20. The number of benzene rings is 1. The van der Waals surface area contributed by atoms with E-state index in [1.165, 1.54) is 5.56 Å². The number of anilines is 1. The lowest BCUT2D eigenvalue weighted by Gasteiger charge is -2.28. The SMILES string of the molecule is CCCN(c1ccc(C(C)C)cc1)[C@H](C)C(=O)O. The second kappa shape index (κ2) is 6.43. The molecule has 0 saturated carbocycles. The Hall–Kier alpha value is -1.51. The van der Waals surface area contributed by atoms with Gasteiger partial charge in [0.05, 0.1) is 0 Å². The average molecular weight is 249 g/mol. The Morgan fingerprint density at radius 3 is 2.17 bits per heavy atom. The van der Waals surface area contributed by atoms with Gasteiger partial charge in [0.25, 0.3) is 0 Å². The molecule has 3 heteroatoms. The van der Waals surface area contributed by atoms with Crippen molar-refractivity contribution in [2.24, 2.45) is 0 Å². The first-order chi connectivity index (χ1) is 8.47. The van der Waals surface area contributed by atoms with Crippen molar-refractivity contribution >= 4 is 11.7 Å². The molecule has 1 aromatic rings. The highest BCUT2D eigenvalue weighted by atomic mass is 16.4. The predicted molar refractivity (Wildman–Crippen MR) is 75.3 cm³/mol. The van der Waals surface area contributed by atoms with E-state index in [0.29, 0.717) is 5.92 Å². The van der Waals surface area contributed by atoms with Crippen LogP contribution in [0.5, 0.6) is 0 Å². The molecule has 0 amide bonds. The minimum Gasteiger partial charge on any atom is -0.480 e. The van der Waals surface area contributed by atoms with Gasteiger partial charge in [-0.2, -0.15) is 0 Å². The van der Waals surface area contributed by atoms with Crippen molar-refractivity contribution in [1.29, 1.82) is 0 Å². The Morgan fingerprint density at radius 1 is 1.22 bits per heavy atom. The van der Waals surface area contributed by atoms with Gasteiger partial charge in [0, 0.05) is 12.2 Å². The van der Waals surface area contributed by atoms with Crippen molar-refractivity contribution in [1.82, 2.24) is 0 Å². The maximum absolute atomic E-state index is 11.1. The summed E-state index contributed by atoms with van der Waals surface area (Å²) in [4.78, 5) is 13.1. The van der Waals surface area contributed by atoms with Crippen LogP contribution in [0.3, 0.4) is 0 Å². The van der Waals surface area contributed by atoms with Gasteiger partial charge in [0.2, 0.25) is 0 Å². The lowest BCUT2D eigenvalue weighted by molar-refractivity contribution is -0.138. The minimum absolute atomic E-state index is 0.491. The fourth-order valence-corrected chi connectivity index (χ4v) is 1.97. The van der Waals surface area contributed by atoms with Gasteiger partial charge in [0.1, 0.15) is 6.04 Å². The van der Waals surface area contributed by atoms with E-state index in [0.717, 1.165) is 18.7 Å². The first-order valence-corrected chi connectivity index (χ1v) is 6.56. The number of carboxylic acids is 1. The molecule has 0 spiro atoms. The molecule has 0 fully saturated rings. The maximum atomic E-state index is 11.1. The van der Waals surface area contributed by atoms with E-state index in [9.17, 15) is 4.79 Å². The number of carboxylic acid groups (broad SMARTS) is 1. The molecule has 3 nitrogen and oxygen atoms in total. The molecular formula is C15H23NO2. The van der Waals surface area contributed by atoms with Crippen LogP contribution in [-0.4, -0.2) is 23.7 Å². The quantitative estimate of drug-likeness (QED) is 0.838. The number of hydrogen-bond acceptors (Lipinski definition) is 2. The van der Waals surface area contributed by atoms with Gasteiger partial charge in [-0.1, -0.05) is 32.9 Å². The predicted octanol–water partition coefficient (Wildman–Crippen LogP) is 3.50. The zero-order chi connectivity index (χ0) is 13.7. The number of nitrogens with zero attached hydrogens (tertiary/aromatic N) is 1. The Balaban J connectivity index is 2.95. The summed E-state index contributed by atoms with van der Waals surface area (Å²) in [5.74, 6) is -0.285. The van der Waals surface area contributed by atoms with E-state index in [4.69, 9.17) is 5.11 Å². The van der Waals surface area contributed by atoms with Gasteiger partial charge >= 0.3 is 5.97 Å². The molecule has 0 radical (unpaired) electrons. The van der Waals surface area contributed by atoms with Gasteiger partial charge in [-0.05, 0) is 37.0 Å². The smallest absolute Gasteiger partial charge is 0.326 e. The molecule has 0 aromatic heterocycles. The van der Waals surface area contributed by atoms with Crippen molar-refractivity contribution in [3.8, 4) is 0 Å². The summed E-state index contributed by atoms with van der Waals surface area (Å²) in [6.45, 7) is 8.85. The Bertz CT molecular complexity index is 384. The number of rotatable bonds is 6. The molecule has 100 valence electrons. The van der Waals surface area contributed by atoms with Crippen LogP contribution in [0.1, 0.15) is 45.6 Å². The van der Waals surface area contributed by atoms with Crippen molar-refractivity contribution in [3.63, 3.8) is 0 Å².